The average molecular weight is 294 g/mol. The molecule has 0 amide bonds. The quantitative estimate of drug-likeness (QED) is 0.939. The first-order valence-electron chi connectivity index (χ1n) is 6.63. The highest BCUT2D eigenvalue weighted by Gasteiger charge is 2.32. The Kier molecular flexibility index (Phi) is 3.89. The van der Waals surface area contributed by atoms with Gasteiger partial charge in [0.2, 0.25) is 11.8 Å². The van der Waals surface area contributed by atoms with Gasteiger partial charge in [-0.1, -0.05) is 11.6 Å². The van der Waals surface area contributed by atoms with E-state index in [1.165, 1.54) is 0 Å². The number of rotatable bonds is 4. The topological polar surface area (TPSA) is 60.2 Å². The Morgan fingerprint density at radius 1 is 1.50 bits per heavy atom. The first-order valence-corrected chi connectivity index (χ1v) is 7.01. The Balaban J connectivity index is 1.86. The van der Waals surface area contributed by atoms with Gasteiger partial charge in [-0.05, 0) is 26.0 Å². The van der Waals surface area contributed by atoms with E-state index in [1.54, 1.807) is 18.7 Å². The van der Waals surface area contributed by atoms with E-state index >= 15 is 0 Å². The van der Waals surface area contributed by atoms with E-state index in [4.69, 9.17) is 20.8 Å². The largest absolute Gasteiger partial charge is 0.464 e. The van der Waals surface area contributed by atoms with Crippen molar-refractivity contribution in [1.82, 2.24) is 15.3 Å². The van der Waals surface area contributed by atoms with Crippen LogP contribution in [0.3, 0.4) is 0 Å². The molecule has 0 aromatic carbocycles. The molecule has 3 rings (SSSR count). The van der Waals surface area contributed by atoms with Gasteiger partial charge in [0, 0.05) is 24.2 Å². The average Bonchev–Trinajstić information content (AvgIpc) is 3.11. The number of aryl methyl sites for hydroxylation is 1. The molecule has 1 N–H and O–H groups in total. The number of ether oxygens (including phenoxy) is 1. The van der Waals surface area contributed by atoms with Gasteiger partial charge in [0.15, 0.2) is 6.10 Å². The molecule has 0 radical (unpaired) electrons. The van der Waals surface area contributed by atoms with Crippen LogP contribution in [0, 0.1) is 12.8 Å². The third-order valence-electron chi connectivity index (χ3n) is 3.46. The summed E-state index contributed by atoms with van der Waals surface area (Å²) in [6, 6.07) is 1.84. The number of nitrogens with zero attached hydrogens (tertiary/aromatic N) is 2. The summed E-state index contributed by atoms with van der Waals surface area (Å²) in [6.07, 6.45) is 5.59. The molecule has 1 aliphatic heterocycles. The van der Waals surface area contributed by atoms with Crippen LogP contribution >= 0.6 is 11.6 Å². The van der Waals surface area contributed by atoms with Crippen LogP contribution in [-0.2, 0) is 0 Å². The molecule has 0 saturated carbocycles. The van der Waals surface area contributed by atoms with Crippen molar-refractivity contribution in [3.63, 3.8) is 0 Å². The maximum absolute atomic E-state index is 6.06. The summed E-state index contributed by atoms with van der Waals surface area (Å²) in [5.74, 6) is 1.49. The van der Waals surface area contributed by atoms with E-state index in [0.29, 0.717) is 22.7 Å². The van der Waals surface area contributed by atoms with Crippen LogP contribution in [0.1, 0.15) is 24.0 Å². The fourth-order valence-corrected chi connectivity index (χ4v) is 2.64. The van der Waals surface area contributed by atoms with Crippen LogP contribution in [-0.4, -0.2) is 23.1 Å². The number of hydrogen-bond donors (Lipinski definition) is 1. The third-order valence-corrected chi connectivity index (χ3v) is 3.66. The van der Waals surface area contributed by atoms with Crippen LogP contribution < -0.4 is 10.1 Å². The summed E-state index contributed by atoms with van der Waals surface area (Å²) >= 11 is 5.92. The second kappa shape index (κ2) is 5.81. The van der Waals surface area contributed by atoms with Gasteiger partial charge in [0.1, 0.15) is 6.26 Å². The number of oxazole rings is 1. The lowest BCUT2D eigenvalue weighted by atomic mass is 10.0. The zero-order valence-corrected chi connectivity index (χ0v) is 11.9. The normalized spacial score (nSPS) is 20.0. The lowest BCUT2D eigenvalue weighted by Crippen LogP contribution is -2.22. The molecule has 2 aromatic heterocycles. The standard InChI is InChI=1S/C14H16ClN3O2/c1-9-6-11(15)8-18-13(9)20-12(10-2-3-16-7-10)14-17-4-5-19-14/h4-6,8,10,12,16H,2-3,7H2,1H3/t10-,12?/m0/s1. The van der Waals surface area contributed by atoms with Crippen LogP contribution in [0.2, 0.25) is 5.02 Å². The van der Waals surface area contributed by atoms with Gasteiger partial charge >= 0.3 is 0 Å². The monoisotopic (exact) mass is 293 g/mol. The fourth-order valence-electron chi connectivity index (χ4n) is 2.43. The van der Waals surface area contributed by atoms with Gasteiger partial charge in [-0.25, -0.2) is 9.97 Å². The Hall–Kier alpha value is -1.59. The van der Waals surface area contributed by atoms with Gasteiger partial charge in [0.05, 0.1) is 11.2 Å². The molecule has 106 valence electrons. The molecule has 1 unspecified atom stereocenters. The Labute approximate surface area is 122 Å². The Morgan fingerprint density at radius 2 is 2.40 bits per heavy atom. The molecule has 20 heavy (non-hydrogen) atoms. The van der Waals surface area contributed by atoms with Crippen molar-refractivity contribution >= 4 is 11.6 Å². The van der Waals surface area contributed by atoms with Crippen molar-refractivity contribution < 1.29 is 9.15 Å². The van der Waals surface area contributed by atoms with Gasteiger partial charge in [0.25, 0.3) is 0 Å². The molecular weight excluding hydrogens is 278 g/mol. The summed E-state index contributed by atoms with van der Waals surface area (Å²) < 4.78 is 11.5. The molecule has 6 heteroatoms. The van der Waals surface area contributed by atoms with Crippen molar-refractivity contribution in [2.24, 2.45) is 5.92 Å². The predicted molar refractivity (Wildman–Crippen MR) is 74.8 cm³/mol. The highest BCUT2D eigenvalue weighted by atomic mass is 35.5. The lowest BCUT2D eigenvalue weighted by Gasteiger charge is -2.21. The molecule has 2 aromatic rings. The van der Waals surface area contributed by atoms with E-state index < -0.39 is 0 Å². The van der Waals surface area contributed by atoms with Crippen LogP contribution in [0.5, 0.6) is 5.88 Å². The number of halogens is 1. The second-order valence-electron chi connectivity index (χ2n) is 4.94. The summed E-state index contributed by atoms with van der Waals surface area (Å²) in [4.78, 5) is 8.49. The van der Waals surface area contributed by atoms with Crippen molar-refractivity contribution in [2.45, 2.75) is 19.4 Å². The number of nitrogens with one attached hydrogen (secondary N) is 1. The Bertz CT molecular complexity index is 568. The SMILES string of the molecule is Cc1cc(Cl)cnc1OC(c1ncco1)[C@H]1CCNC1. The van der Waals surface area contributed by atoms with Crippen molar-refractivity contribution in [3.05, 3.63) is 41.2 Å². The molecule has 0 aliphatic carbocycles. The number of hydrogen-bond acceptors (Lipinski definition) is 5. The minimum absolute atomic E-state index is 0.229. The van der Waals surface area contributed by atoms with Gasteiger partial charge in [-0.15, -0.1) is 0 Å². The third kappa shape index (κ3) is 2.78. The van der Waals surface area contributed by atoms with Gasteiger partial charge < -0.3 is 14.5 Å². The maximum atomic E-state index is 6.06. The van der Waals surface area contributed by atoms with Crippen molar-refractivity contribution in [1.29, 1.82) is 0 Å². The molecule has 2 atom stereocenters. The second-order valence-corrected chi connectivity index (χ2v) is 5.37. The smallest absolute Gasteiger partial charge is 0.235 e. The molecule has 1 fully saturated rings. The molecule has 0 bridgehead atoms. The predicted octanol–water partition coefficient (Wildman–Crippen LogP) is 2.76. The van der Waals surface area contributed by atoms with Crippen LogP contribution in [0.4, 0.5) is 0 Å². The molecule has 1 saturated heterocycles. The lowest BCUT2D eigenvalue weighted by molar-refractivity contribution is 0.108. The highest BCUT2D eigenvalue weighted by molar-refractivity contribution is 6.30. The number of pyridine rings is 1. The molecule has 1 aliphatic rings. The highest BCUT2D eigenvalue weighted by Crippen LogP contribution is 2.32. The zero-order chi connectivity index (χ0) is 13.9. The first kappa shape index (κ1) is 13.4. The summed E-state index contributed by atoms with van der Waals surface area (Å²) in [5.41, 5.74) is 0.903. The molecular formula is C14H16ClN3O2. The Morgan fingerprint density at radius 3 is 3.05 bits per heavy atom. The first-order chi connectivity index (χ1) is 9.74. The van der Waals surface area contributed by atoms with E-state index in [2.05, 4.69) is 15.3 Å². The van der Waals surface area contributed by atoms with E-state index in [9.17, 15) is 0 Å². The summed E-state index contributed by atoms with van der Waals surface area (Å²) in [6.45, 7) is 3.80. The fraction of sp³-hybridized carbons (Fsp3) is 0.429. The molecule has 3 heterocycles. The van der Waals surface area contributed by atoms with Crippen molar-refractivity contribution in [3.8, 4) is 5.88 Å². The van der Waals surface area contributed by atoms with Crippen LogP contribution in [0.15, 0.2) is 29.1 Å². The number of aromatic nitrogens is 2. The zero-order valence-electron chi connectivity index (χ0n) is 11.2. The van der Waals surface area contributed by atoms with Gasteiger partial charge in [-0.3, -0.25) is 0 Å². The van der Waals surface area contributed by atoms with Crippen LogP contribution in [0.25, 0.3) is 0 Å². The molecule has 0 spiro atoms. The summed E-state index contributed by atoms with van der Waals surface area (Å²) in [5, 5.41) is 3.94. The van der Waals surface area contributed by atoms with Gasteiger partial charge in [-0.2, -0.15) is 0 Å². The minimum atomic E-state index is -0.229. The maximum Gasteiger partial charge on any atom is 0.235 e. The van der Waals surface area contributed by atoms with E-state index in [-0.39, 0.29) is 6.10 Å². The summed E-state index contributed by atoms with van der Waals surface area (Å²) in [7, 11) is 0. The van der Waals surface area contributed by atoms with E-state index in [0.717, 1.165) is 25.1 Å². The van der Waals surface area contributed by atoms with Crippen molar-refractivity contribution in [2.75, 3.05) is 13.1 Å². The minimum Gasteiger partial charge on any atom is -0.464 e. The molecule has 5 nitrogen and oxygen atoms in total. The van der Waals surface area contributed by atoms with E-state index in [1.807, 2.05) is 13.0 Å².